The van der Waals surface area contributed by atoms with Crippen molar-refractivity contribution in [2.24, 2.45) is 0 Å². The van der Waals surface area contributed by atoms with Crippen LogP contribution in [0.1, 0.15) is 18.0 Å². The van der Waals surface area contributed by atoms with Gasteiger partial charge in [0.1, 0.15) is 11.6 Å². The Kier molecular flexibility index (Phi) is 5.63. The summed E-state index contributed by atoms with van der Waals surface area (Å²) in [5.74, 6) is -1.37. The van der Waals surface area contributed by atoms with E-state index < -0.39 is 33.6 Å². The highest BCUT2D eigenvalue weighted by Gasteiger charge is 2.20. The molecule has 0 unspecified atom stereocenters. The number of rotatable bonds is 6. The number of nitrogens with one attached hydrogen (secondary N) is 2. The topological polar surface area (TPSA) is 75.3 Å². The molecule has 2 N–H and O–H groups in total. The van der Waals surface area contributed by atoms with Gasteiger partial charge < -0.3 is 5.32 Å². The van der Waals surface area contributed by atoms with Crippen LogP contribution >= 0.6 is 0 Å². The Morgan fingerprint density at radius 1 is 1.00 bits per heavy atom. The van der Waals surface area contributed by atoms with Gasteiger partial charge in [0, 0.05) is 12.1 Å². The van der Waals surface area contributed by atoms with E-state index in [9.17, 15) is 22.0 Å². The lowest BCUT2D eigenvalue weighted by atomic mass is 10.0. The number of carbonyl (C=O) groups excluding carboxylic acids is 1. The first kappa shape index (κ1) is 18.0. The summed E-state index contributed by atoms with van der Waals surface area (Å²) < 4.78 is 51.2. The zero-order valence-electron chi connectivity index (χ0n) is 12.8. The predicted octanol–water partition coefficient (Wildman–Crippen LogP) is 2.58. The minimum Gasteiger partial charge on any atom is -0.326 e. The summed E-state index contributed by atoms with van der Waals surface area (Å²) in [4.78, 5) is 12.1. The SMILES string of the molecule is CS(=O)(=O)N[C@H](CC(=O)Nc1ccc(F)cc1)c1ccc(F)cc1. The molecule has 1 amide bonds. The predicted molar refractivity (Wildman–Crippen MR) is 86.8 cm³/mol. The first-order chi connectivity index (χ1) is 11.2. The molecule has 2 aromatic carbocycles. The summed E-state index contributed by atoms with van der Waals surface area (Å²) in [7, 11) is -3.58. The van der Waals surface area contributed by atoms with Crippen LogP contribution in [0.15, 0.2) is 48.5 Å². The fourth-order valence-electron chi connectivity index (χ4n) is 2.11. The van der Waals surface area contributed by atoms with Gasteiger partial charge in [0.15, 0.2) is 0 Å². The first-order valence-corrected chi connectivity index (χ1v) is 8.90. The van der Waals surface area contributed by atoms with Crippen molar-refractivity contribution in [3.05, 3.63) is 65.7 Å². The van der Waals surface area contributed by atoms with E-state index in [1.165, 1.54) is 48.5 Å². The summed E-state index contributed by atoms with van der Waals surface area (Å²) >= 11 is 0. The summed E-state index contributed by atoms with van der Waals surface area (Å²) in [6, 6.07) is 9.51. The van der Waals surface area contributed by atoms with Crippen LogP contribution in [0.2, 0.25) is 0 Å². The molecular formula is C16H16F2N2O3S. The maximum atomic E-state index is 13.0. The van der Waals surface area contributed by atoms with E-state index >= 15 is 0 Å². The smallest absolute Gasteiger partial charge is 0.226 e. The van der Waals surface area contributed by atoms with Gasteiger partial charge in [-0.15, -0.1) is 0 Å². The molecule has 0 aliphatic carbocycles. The molecule has 0 aromatic heterocycles. The molecule has 8 heteroatoms. The maximum Gasteiger partial charge on any atom is 0.226 e. The van der Waals surface area contributed by atoms with E-state index in [0.717, 1.165) is 6.26 Å². The van der Waals surface area contributed by atoms with E-state index in [1.54, 1.807) is 0 Å². The van der Waals surface area contributed by atoms with E-state index in [0.29, 0.717) is 11.3 Å². The second-order valence-electron chi connectivity index (χ2n) is 5.25. The van der Waals surface area contributed by atoms with Crippen LogP contribution in [0.25, 0.3) is 0 Å². The van der Waals surface area contributed by atoms with Crippen LogP contribution in [-0.4, -0.2) is 20.6 Å². The third-order valence-corrected chi connectivity index (χ3v) is 3.86. The van der Waals surface area contributed by atoms with Crippen molar-refractivity contribution in [1.29, 1.82) is 0 Å². The van der Waals surface area contributed by atoms with Crippen molar-refractivity contribution in [3.8, 4) is 0 Å². The molecule has 5 nitrogen and oxygen atoms in total. The Morgan fingerprint density at radius 2 is 1.50 bits per heavy atom. The van der Waals surface area contributed by atoms with Crippen molar-refractivity contribution in [3.63, 3.8) is 0 Å². The van der Waals surface area contributed by atoms with Gasteiger partial charge >= 0.3 is 0 Å². The number of halogens is 2. The van der Waals surface area contributed by atoms with Crippen molar-refractivity contribution in [1.82, 2.24) is 4.72 Å². The number of hydrogen-bond acceptors (Lipinski definition) is 3. The lowest BCUT2D eigenvalue weighted by Gasteiger charge is -2.18. The third-order valence-electron chi connectivity index (χ3n) is 3.15. The number of amides is 1. The normalized spacial score (nSPS) is 12.6. The Labute approximate surface area is 138 Å². The highest BCUT2D eigenvalue weighted by molar-refractivity contribution is 7.88. The van der Waals surface area contributed by atoms with Gasteiger partial charge in [0.05, 0.1) is 12.3 Å². The van der Waals surface area contributed by atoms with E-state index in [1.807, 2.05) is 0 Å². The van der Waals surface area contributed by atoms with Crippen LogP contribution in [0.5, 0.6) is 0 Å². The molecule has 0 bridgehead atoms. The molecule has 0 fully saturated rings. The summed E-state index contributed by atoms with van der Waals surface area (Å²) in [5.41, 5.74) is 0.842. The van der Waals surface area contributed by atoms with Gasteiger partial charge in [-0.05, 0) is 42.0 Å². The number of benzene rings is 2. The van der Waals surface area contributed by atoms with Crippen LogP contribution in [0, 0.1) is 11.6 Å². The highest BCUT2D eigenvalue weighted by atomic mass is 32.2. The molecule has 0 saturated heterocycles. The molecule has 2 rings (SSSR count). The van der Waals surface area contributed by atoms with Gasteiger partial charge in [-0.1, -0.05) is 12.1 Å². The molecule has 0 aliphatic heterocycles. The first-order valence-electron chi connectivity index (χ1n) is 7.01. The van der Waals surface area contributed by atoms with Gasteiger partial charge in [0.25, 0.3) is 0 Å². The highest BCUT2D eigenvalue weighted by Crippen LogP contribution is 2.19. The average molecular weight is 354 g/mol. The van der Waals surface area contributed by atoms with Crippen molar-refractivity contribution in [2.45, 2.75) is 12.5 Å². The van der Waals surface area contributed by atoms with Crippen LogP contribution < -0.4 is 10.0 Å². The molecule has 0 spiro atoms. The largest absolute Gasteiger partial charge is 0.326 e. The lowest BCUT2D eigenvalue weighted by molar-refractivity contribution is -0.116. The standard InChI is InChI=1S/C16H16F2N2O3S/c1-24(22,23)20-15(11-2-4-12(17)5-3-11)10-16(21)19-14-8-6-13(18)7-9-14/h2-9,15,20H,10H2,1H3,(H,19,21)/t15-/m1/s1. The lowest BCUT2D eigenvalue weighted by Crippen LogP contribution is -2.30. The van der Waals surface area contributed by atoms with Crippen molar-refractivity contribution in [2.75, 3.05) is 11.6 Å². The fourth-order valence-corrected chi connectivity index (χ4v) is 2.85. The number of hydrogen-bond donors (Lipinski definition) is 2. The number of anilines is 1. The van der Waals surface area contributed by atoms with Gasteiger partial charge in [-0.25, -0.2) is 21.9 Å². The van der Waals surface area contributed by atoms with Crippen LogP contribution in [-0.2, 0) is 14.8 Å². The Hall–Kier alpha value is -2.32. The summed E-state index contributed by atoms with van der Waals surface area (Å²) in [6.07, 6.45) is 0.775. The molecular weight excluding hydrogens is 338 g/mol. The second-order valence-corrected chi connectivity index (χ2v) is 7.03. The quantitative estimate of drug-likeness (QED) is 0.837. The third kappa shape index (κ3) is 5.71. The molecule has 1 atom stereocenters. The average Bonchev–Trinajstić information content (AvgIpc) is 2.48. The number of carbonyl (C=O) groups is 1. The molecule has 0 radical (unpaired) electrons. The van der Waals surface area contributed by atoms with Crippen molar-refractivity contribution < 1.29 is 22.0 Å². The van der Waals surface area contributed by atoms with E-state index in [2.05, 4.69) is 10.0 Å². The molecule has 0 heterocycles. The molecule has 2 aromatic rings. The Morgan fingerprint density at radius 3 is 2.00 bits per heavy atom. The van der Waals surface area contributed by atoms with Gasteiger partial charge in [-0.2, -0.15) is 0 Å². The Balaban J connectivity index is 2.13. The number of sulfonamides is 1. The van der Waals surface area contributed by atoms with E-state index in [-0.39, 0.29) is 6.42 Å². The monoisotopic (exact) mass is 354 g/mol. The molecule has 0 aliphatic rings. The zero-order chi connectivity index (χ0) is 17.7. The van der Waals surface area contributed by atoms with Gasteiger partial charge in [-0.3, -0.25) is 4.79 Å². The Bertz CT molecular complexity index is 806. The fraction of sp³-hybridized carbons (Fsp3) is 0.188. The van der Waals surface area contributed by atoms with Crippen LogP contribution in [0.3, 0.4) is 0 Å². The molecule has 0 saturated carbocycles. The minimum atomic E-state index is -3.58. The summed E-state index contributed by atoms with van der Waals surface area (Å²) in [5, 5.41) is 2.55. The second kappa shape index (κ2) is 7.50. The van der Waals surface area contributed by atoms with Gasteiger partial charge in [0.2, 0.25) is 15.9 Å². The minimum absolute atomic E-state index is 0.198. The molecule has 128 valence electrons. The van der Waals surface area contributed by atoms with E-state index in [4.69, 9.17) is 0 Å². The summed E-state index contributed by atoms with van der Waals surface area (Å²) in [6.45, 7) is 0. The van der Waals surface area contributed by atoms with Crippen LogP contribution in [0.4, 0.5) is 14.5 Å². The maximum absolute atomic E-state index is 13.0. The zero-order valence-corrected chi connectivity index (χ0v) is 13.6. The molecule has 24 heavy (non-hydrogen) atoms. The van der Waals surface area contributed by atoms with Crippen molar-refractivity contribution >= 4 is 21.6 Å².